The van der Waals surface area contributed by atoms with Gasteiger partial charge >= 0.3 is 6.18 Å². The lowest BCUT2D eigenvalue weighted by Gasteiger charge is -2.10. The molecule has 1 aromatic carbocycles. The third-order valence-electron chi connectivity index (χ3n) is 3.65. The molecule has 2 heterocycles. The van der Waals surface area contributed by atoms with Crippen LogP contribution in [0.3, 0.4) is 0 Å². The zero-order valence-electron chi connectivity index (χ0n) is 13.1. The van der Waals surface area contributed by atoms with Crippen LogP contribution < -0.4 is 5.32 Å². The van der Waals surface area contributed by atoms with Gasteiger partial charge in [0.25, 0.3) is 5.91 Å². The number of carbonyl (C=O) groups excluding carboxylic acids is 1. The van der Waals surface area contributed by atoms with Gasteiger partial charge in [-0.25, -0.2) is 9.37 Å². The Bertz CT molecular complexity index is 947. The molecule has 1 N–H and O–H groups in total. The van der Waals surface area contributed by atoms with E-state index in [1.54, 1.807) is 6.92 Å². The zero-order chi connectivity index (χ0) is 18.2. The summed E-state index contributed by atoms with van der Waals surface area (Å²) in [5.41, 5.74) is 0.0235. The molecule has 0 bridgehead atoms. The van der Waals surface area contributed by atoms with E-state index in [1.165, 1.54) is 28.7 Å². The monoisotopic (exact) mass is 351 g/mol. The van der Waals surface area contributed by atoms with Crippen molar-refractivity contribution in [2.45, 2.75) is 19.5 Å². The van der Waals surface area contributed by atoms with Crippen LogP contribution in [-0.2, 0) is 12.6 Å². The van der Waals surface area contributed by atoms with Crippen molar-refractivity contribution in [1.29, 1.82) is 0 Å². The Morgan fingerprint density at radius 1 is 1.24 bits per heavy atom. The molecule has 0 aliphatic heterocycles. The molecule has 0 atom stereocenters. The first-order chi connectivity index (χ1) is 11.8. The van der Waals surface area contributed by atoms with E-state index in [0.29, 0.717) is 17.8 Å². The van der Waals surface area contributed by atoms with Gasteiger partial charge < -0.3 is 5.32 Å². The summed E-state index contributed by atoms with van der Waals surface area (Å²) in [7, 11) is 0. The lowest BCUT2D eigenvalue weighted by Crippen LogP contribution is -2.17. The zero-order valence-corrected chi connectivity index (χ0v) is 13.1. The van der Waals surface area contributed by atoms with Gasteiger partial charge in [0.1, 0.15) is 17.2 Å². The second-order valence-electron chi connectivity index (χ2n) is 5.37. The molecule has 4 nitrogen and oxygen atoms in total. The third-order valence-corrected chi connectivity index (χ3v) is 3.65. The highest BCUT2D eigenvalue weighted by molar-refractivity contribution is 6.04. The van der Waals surface area contributed by atoms with E-state index in [4.69, 9.17) is 0 Å². The van der Waals surface area contributed by atoms with Crippen LogP contribution in [0, 0.1) is 5.82 Å². The number of hydrogen-bond donors (Lipinski definition) is 1. The average molecular weight is 351 g/mol. The predicted octanol–water partition coefficient (Wildman–Crippen LogP) is 4.31. The quantitative estimate of drug-likeness (QED) is 0.715. The number of halogens is 4. The van der Waals surface area contributed by atoms with E-state index in [0.717, 1.165) is 18.3 Å². The molecule has 8 heteroatoms. The Labute approximate surface area is 140 Å². The van der Waals surface area contributed by atoms with Gasteiger partial charge in [-0.1, -0.05) is 13.0 Å². The van der Waals surface area contributed by atoms with Crippen LogP contribution >= 0.6 is 0 Å². The number of alkyl halides is 3. The number of rotatable bonds is 3. The third kappa shape index (κ3) is 3.33. The van der Waals surface area contributed by atoms with E-state index in [2.05, 4.69) is 10.3 Å². The van der Waals surface area contributed by atoms with E-state index >= 15 is 0 Å². The lowest BCUT2D eigenvalue weighted by molar-refractivity contribution is -0.137. The number of amides is 1. The summed E-state index contributed by atoms with van der Waals surface area (Å²) in [4.78, 5) is 16.8. The Morgan fingerprint density at radius 2 is 2.00 bits per heavy atom. The first kappa shape index (κ1) is 16.9. The molecule has 0 fully saturated rings. The summed E-state index contributed by atoms with van der Waals surface area (Å²) in [6.07, 6.45) is -2.99. The summed E-state index contributed by atoms with van der Waals surface area (Å²) in [5.74, 6) is -1.21. The van der Waals surface area contributed by atoms with E-state index in [9.17, 15) is 22.4 Å². The van der Waals surface area contributed by atoms with E-state index < -0.39 is 23.5 Å². The fraction of sp³-hybridized carbons (Fsp3) is 0.176. The smallest absolute Gasteiger partial charge is 0.321 e. The molecule has 0 radical (unpaired) electrons. The number of carbonyl (C=O) groups is 1. The van der Waals surface area contributed by atoms with Crippen molar-refractivity contribution >= 4 is 17.2 Å². The summed E-state index contributed by atoms with van der Waals surface area (Å²) in [6.45, 7) is 1.78. The van der Waals surface area contributed by atoms with Gasteiger partial charge in [-0.15, -0.1) is 0 Å². The molecule has 0 aliphatic carbocycles. The fourth-order valence-corrected chi connectivity index (χ4v) is 2.52. The predicted molar refractivity (Wildman–Crippen MR) is 83.9 cm³/mol. The lowest BCUT2D eigenvalue weighted by atomic mass is 10.2. The summed E-state index contributed by atoms with van der Waals surface area (Å²) in [5, 5.41) is 2.42. The molecule has 25 heavy (non-hydrogen) atoms. The molecule has 0 saturated carbocycles. The van der Waals surface area contributed by atoms with Gasteiger partial charge in [0, 0.05) is 11.9 Å². The number of hydrogen-bond acceptors (Lipinski definition) is 2. The highest BCUT2D eigenvalue weighted by Crippen LogP contribution is 2.30. The van der Waals surface area contributed by atoms with Crippen molar-refractivity contribution in [3.8, 4) is 0 Å². The largest absolute Gasteiger partial charge is 0.416 e. The van der Waals surface area contributed by atoms with Crippen molar-refractivity contribution in [1.82, 2.24) is 9.38 Å². The minimum atomic E-state index is -4.51. The van der Waals surface area contributed by atoms with Gasteiger partial charge in [-0.3, -0.25) is 9.20 Å². The molecule has 2 aromatic heterocycles. The normalized spacial score (nSPS) is 11.7. The maximum atomic E-state index is 13.5. The number of pyridine rings is 1. The van der Waals surface area contributed by atoms with Crippen LogP contribution in [0.4, 0.5) is 23.2 Å². The number of aromatic nitrogens is 2. The number of nitrogens with one attached hydrogen (secondary N) is 1. The standard InChI is InChI=1S/C17H13F4N3O/c1-2-13-15(24-9-11(18)6-7-14(24)23-13)16(25)22-12-5-3-4-10(8-12)17(19,20)21/h3-9H,2H2,1H3,(H,22,25). The second kappa shape index (κ2) is 6.19. The molecule has 3 rings (SSSR count). The summed E-state index contributed by atoms with van der Waals surface area (Å²) < 4.78 is 53.1. The van der Waals surface area contributed by atoms with Crippen molar-refractivity contribution in [3.05, 3.63) is 65.4 Å². The minimum Gasteiger partial charge on any atom is -0.321 e. The molecule has 1 amide bonds. The number of fused-ring (bicyclic) bond motifs is 1. The van der Waals surface area contributed by atoms with Crippen LogP contribution in [0.15, 0.2) is 42.6 Å². The first-order valence-electron chi connectivity index (χ1n) is 7.44. The molecule has 0 aliphatic rings. The van der Waals surface area contributed by atoms with Gasteiger partial charge in [-0.2, -0.15) is 13.2 Å². The first-order valence-corrected chi connectivity index (χ1v) is 7.44. The Kier molecular flexibility index (Phi) is 4.20. The highest BCUT2D eigenvalue weighted by Gasteiger charge is 2.30. The summed E-state index contributed by atoms with van der Waals surface area (Å²) in [6, 6.07) is 6.95. The number of nitrogens with zero attached hydrogens (tertiary/aromatic N) is 2. The van der Waals surface area contributed by atoms with Crippen molar-refractivity contribution < 1.29 is 22.4 Å². The van der Waals surface area contributed by atoms with E-state index in [1.807, 2.05) is 0 Å². The maximum absolute atomic E-state index is 13.5. The minimum absolute atomic E-state index is 0.00627. The molecular weight excluding hydrogens is 338 g/mol. The van der Waals surface area contributed by atoms with Gasteiger partial charge in [-0.05, 0) is 36.8 Å². The molecule has 3 aromatic rings. The number of anilines is 1. The van der Waals surface area contributed by atoms with E-state index in [-0.39, 0.29) is 11.4 Å². The molecule has 0 saturated heterocycles. The van der Waals surface area contributed by atoms with Crippen molar-refractivity contribution in [3.63, 3.8) is 0 Å². The SMILES string of the molecule is CCc1nc2ccc(F)cn2c1C(=O)Nc1cccc(C(F)(F)F)c1. The van der Waals surface area contributed by atoms with Crippen molar-refractivity contribution in [2.75, 3.05) is 5.32 Å². The van der Waals surface area contributed by atoms with Crippen LogP contribution in [-0.4, -0.2) is 15.3 Å². The van der Waals surface area contributed by atoms with Crippen LogP contribution in [0.1, 0.15) is 28.7 Å². The second-order valence-corrected chi connectivity index (χ2v) is 5.37. The Hall–Kier alpha value is -2.90. The number of benzene rings is 1. The van der Waals surface area contributed by atoms with Crippen LogP contribution in [0.25, 0.3) is 5.65 Å². The van der Waals surface area contributed by atoms with Crippen LogP contribution in [0.2, 0.25) is 0 Å². The van der Waals surface area contributed by atoms with Gasteiger partial charge in [0.2, 0.25) is 0 Å². The number of aryl methyl sites for hydroxylation is 1. The highest BCUT2D eigenvalue weighted by atomic mass is 19.4. The van der Waals surface area contributed by atoms with Gasteiger partial charge in [0.05, 0.1) is 11.3 Å². The Balaban J connectivity index is 1.99. The van der Waals surface area contributed by atoms with Crippen molar-refractivity contribution in [2.24, 2.45) is 0 Å². The number of imidazole rings is 1. The topological polar surface area (TPSA) is 46.4 Å². The van der Waals surface area contributed by atoms with Crippen LogP contribution in [0.5, 0.6) is 0 Å². The molecular formula is C17H13F4N3O. The summed E-state index contributed by atoms with van der Waals surface area (Å²) >= 11 is 0. The maximum Gasteiger partial charge on any atom is 0.416 e. The molecule has 0 spiro atoms. The average Bonchev–Trinajstić information content (AvgIpc) is 2.92. The Morgan fingerprint density at radius 3 is 2.68 bits per heavy atom. The van der Waals surface area contributed by atoms with Gasteiger partial charge in [0.15, 0.2) is 0 Å². The fourth-order valence-electron chi connectivity index (χ4n) is 2.52. The molecule has 0 unspecified atom stereocenters. The molecule has 130 valence electrons.